The van der Waals surface area contributed by atoms with Gasteiger partial charge < -0.3 is 20.7 Å². The van der Waals surface area contributed by atoms with Gasteiger partial charge in [-0.15, -0.1) is 0 Å². The molecule has 0 unspecified atom stereocenters. The van der Waals surface area contributed by atoms with Crippen molar-refractivity contribution < 1.29 is 14.3 Å². The number of carbonyl (C=O) groups excluding carboxylic acids is 2. The van der Waals surface area contributed by atoms with Gasteiger partial charge in [0, 0.05) is 26.1 Å². The molecule has 3 N–H and O–H groups in total. The molecule has 8 heteroatoms. The van der Waals surface area contributed by atoms with Crippen LogP contribution in [0.2, 0.25) is 0 Å². The molecule has 3 rings (SSSR count). The molecule has 1 aliphatic rings. The molecular formula is C17H22N4O3S. The fraction of sp³-hybridized carbons (Fsp3) is 0.471. The van der Waals surface area contributed by atoms with E-state index in [2.05, 4.69) is 10.2 Å². The zero-order chi connectivity index (χ0) is 17.6. The van der Waals surface area contributed by atoms with Gasteiger partial charge in [-0.05, 0) is 25.0 Å². The van der Waals surface area contributed by atoms with Crippen LogP contribution in [0.25, 0.3) is 10.2 Å². The number of aromatic nitrogens is 1. The molecule has 0 radical (unpaired) electrons. The van der Waals surface area contributed by atoms with Crippen molar-refractivity contribution in [3.8, 4) is 0 Å². The number of benzene rings is 1. The number of nitrogens with zero attached hydrogens (tertiary/aromatic N) is 2. The molecule has 25 heavy (non-hydrogen) atoms. The number of anilines is 1. The van der Waals surface area contributed by atoms with E-state index in [0.29, 0.717) is 38.2 Å². The number of thiazole rings is 1. The van der Waals surface area contributed by atoms with Crippen LogP contribution in [-0.2, 0) is 9.53 Å². The molecule has 1 aromatic heterocycles. The topological polar surface area (TPSA) is 97.5 Å². The Hall–Kier alpha value is -2.19. The Balaban J connectivity index is 1.67. The minimum absolute atomic E-state index is 0.136. The molecule has 1 fully saturated rings. The Morgan fingerprint density at radius 3 is 2.84 bits per heavy atom. The second-order valence-electron chi connectivity index (χ2n) is 5.93. The summed E-state index contributed by atoms with van der Waals surface area (Å²) in [5.74, 6) is -0.447. The van der Waals surface area contributed by atoms with Crippen LogP contribution in [0.5, 0.6) is 0 Å². The third kappa shape index (κ3) is 4.46. The second-order valence-corrected chi connectivity index (χ2v) is 6.94. The number of ether oxygens (including phenoxy) is 1. The number of nitrogens with one attached hydrogen (secondary N) is 1. The standard InChI is InChI=1S/C17H22N4O3S/c18-14(22)6-1-2-7-19-16(23)12-4-3-5-13-15(12)20-17(25-13)21-8-10-24-11-9-21/h3-5H,1-2,6-11H2,(H2,18,22)(H,19,23). The van der Waals surface area contributed by atoms with Crippen LogP contribution < -0.4 is 16.0 Å². The first-order valence-corrected chi connectivity index (χ1v) is 9.25. The van der Waals surface area contributed by atoms with Gasteiger partial charge in [0.25, 0.3) is 5.91 Å². The van der Waals surface area contributed by atoms with Gasteiger partial charge in [0.1, 0.15) is 0 Å². The first-order chi connectivity index (χ1) is 12.1. The summed E-state index contributed by atoms with van der Waals surface area (Å²) in [5.41, 5.74) is 6.43. The Morgan fingerprint density at radius 1 is 1.28 bits per heavy atom. The first kappa shape index (κ1) is 17.6. The summed E-state index contributed by atoms with van der Waals surface area (Å²) in [6, 6.07) is 5.66. The average Bonchev–Trinajstić information content (AvgIpc) is 3.06. The highest BCUT2D eigenvalue weighted by molar-refractivity contribution is 7.22. The average molecular weight is 362 g/mol. The van der Waals surface area contributed by atoms with Crippen LogP contribution in [0.4, 0.5) is 5.13 Å². The predicted molar refractivity (Wildman–Crippen MR) is 98.0 cm³/mol. The van der Waals surface area contributed by atoms with Crippen LogP contribution in [0, 0.1) is 0 Å². The van der Waals surface area contributed by atoms with Crippen LogP contribution in [0.15, 0.2) is 18.2 Å². The van der Waals surface area contributed by atoms with Crippen LogP contribution in [0.3, 0.4) is 0 Å². The quantitative estimate of drug-likeness (QED) is 0.728. The van der Waals surface area contributed by atoms with E-state index in [1.165, 1.54) is 0 Å². The summed E-state index contributed by atoms with van der Waals surface area (Å²) in [7, 11) is 0. The van der Waals surface area contributed by atoms with Crippen LogP contribution >= 0.6 is 11.3 Å². The van der Waals surface area contributed by atoms with Crippen LogP contribution in [-0.4, -0.2) is 49.6 Å². The summed E-state index contributed by atoms with van der Waals surface area (Å²) < 4.78 is 6.38. The molecule has 134 valence electrons. The lowest BCUT2D eigenvalue weighted by Gasteiger charge is -2.25. The van der Waals surface area contributed by atoms with E-state index in [9.17, 15) is 9.59 Å². The number of rotatable bonds is 7. The third-order valence-corrected chi connectivity index (χ3v) is 5.15. The highest BCUT2D eigenvalue weighted by Crippen LogP contribution is 2.31. The van der Waals surface area contributed by atoms with Crippen molar-refractivity contribution in [2.45, 2.75) is 19.3 Å². The molecule has 1 aromatic carbocycles. The van der Waals surface area contributed by atoms with Crippen LogP contribution in [0.1, 0.15) is 29.6 Å². The van der Waals surface area contributed by atoms with E-state index < -0.39 is 0 Å². The first-order valence-electron chi connectivity index (χ1n) is 8.44. The molecule has 7 nitrogen and oxygen atoms in total. The molecular weight excluding hydrogens is 340 g/mol. The Labute approximate surface area is 150 Å². The van der Waals surface area contributed by atoms with E-state index in [-0.39, 0.29) is 11.8 Å². The zero-order valence-electron chi connectivity index (χ0n) is 14.0. The van der Waals surface area contributed by atoms with Gasteiger partial charge >= 0.3 is 0 Å². The summed E-state index contributed by atoms with van der Waals surface area (Å²) in [5, 5.41) is 3.82. The SMILES string of the molecule is NC(=O)CCCCNC(=O)c1cccc2sc(N3CCOCC3)nc12. The Bertz CT molecular complexity index is 755. The molecule has 0 bridgehead atoms. The van der Waals surface area contributed by atoms with E-state index in [1.807, 2.05) is 12.1 Å². The van der Waals surface area contributed by atoms with Crippen molar-refractivity contribution in [2.75, 3.05) is 37.7 Å². The Kier molecular flexibility index (Phi) is 5.83. The lowest BCUT2D eigenvalue weighted by molar-refractivity contribution is -0.118. The number of amides is 2. The lowest BCUT2D eigenvalue weighted by Crippen LogP contribution is -2.36. The van der Waals surface area contributed by atoms with Gasteiger partial charge in [-0.25, -0.2) is 4.98 Å². The molecule has 0 atom stereocenters. The van der Waals surface area contributed by atoms with E-state index in [1.54, 1.807) is 17.4 Å². The summed E-state index contributed by atoms with van der Waals surface area (Å²) in [4.78, 5) is 30.1. The van der Waals surface area contributed by atoms with Gasteiger partial charge in [-0.2, -0.15) is 0 Å². The van der Waals surface area contributed by atoms with E-state index >= 15 is 0 Å². The fourth-order valence-electron chi connectivity index (χ4n) is 2.73. The number of hydrogen-bond acceptors (Lipinski definition) is 6. The maximum absolute atomic E-state index is 12.5. The maximum Gasteiger partial charge on any atom is 0.253 e. The number of hydrogen-bond donors (Lipinski definition) is 2. The lowest BCUT2D eigenvalue weighted by atomic mass is 10.1. The van der Waals surface area contributed by atoms with Crippen molar-refractivity contribution >= 4 is 38.5 Å². The molecule has 0 aliphatic carbocycles. The number of para-hydroxylation sites is 1. The monoisotopic (exact) mass is 362 g/mol. The minimum Gasteiger partial charge on any atom is -0.378 e. The zero-order valence-corrected chi connectivity index (χ0v) is 14.8. The summed E-state index contributed by atoms with van der Waals surface area (Å²) in [6.45, 7) is 3.56. The highest BCUT2D eigenvalue weighted by atomic mass is 32.1. The third-order valence-electron chi connectivity index (χ3n) is 4.07. The van der Waals surface area contributed by atoms with E-state index in [0.717, 1.165) is 34.9 Å². The number of carbonyl (C=O) groups is 2. The number of primary amides is 1. The van der Waals surface area contributed by atoms with Gasteiger partial charge in [0.05, 0.1) is 29.0 Å². The van der Waals surface area contributed by atoms with Crippen molar-refractivity contribution in [1.29, 1.82) is 0 Å². The van der Waals surface area contributed by atoms with Crippen molar-refractivity contribution in [1.82, 2.24) is 10.3 Å². The molecule has 0 saturated carbocycles. The molecule has 2 aromatic rings. The van der Waals surface area contributed by atoms with Gasteiger partial charge in [0.2, 0.25) is 5.91 Å². The second kappa shape index (κ2) is 8.26. The summed E-state index contributed by atoms with van der Waals surface area (Å²) in [6.07, 6.45) is 1.75. The molecule has 1 aliphatic heterocycles. The molecule has 0 spiro atoms. The van der Waals surface area contributed by atoms with Gasteiger partial charge in [-0.1, -0.05) is 17.4 Å². The van der Waals surface area contributed by atoms with Crippen molar-refractivity contribution in [3.05, 3.63) is 23.8 Å². The largest absolute Gasteiger partial charge is 0.378 e. The normalized spacial score (nSPS) is 14.6. The van der Waals surface area contributed by atoms with Gasteiger partial charge in [-0.3, -0.25) is 9.59 Å². The molecule has 1 saturated heterocycles. The van der Waals surface area contributed by atoms with Gasteiger partial charge in [0.15, 0.2) is 5.13 Å². The number of nitrogens with two attached hydrogens (primary N) is 1. The Morgan fingerprint density at radius 2 is 2.08 bits per heavy atom. The highest BCUT2D eigenvalue weighted by Gasteiger charge is 2.18. The van der Waals surface area contributed by atoms with Crippen molar-refractivity contribution in [2.24, 2.45) is 5.73 Å². The minimum atomic E-state index is -0.311. The van der Waals surface area contributed by atoms with Crippen molar-refractivity contribution in [3.63, 3.8) is 0 Å². The van der Waals surface area contributed by atoms with E-state index in [4.69, 9.17) is 15.5 Å². The number of unbranched alkanes of at least 4 members (excludes halogenated alkanes) is 1. The molecule has 2 heterocycles. The maximum atomic E-state index is 12.5. The summed E-state index contributed by atoms with van der Waals surface area (Å²) >= 11 is 1.60. The predicted octanol–water partition coefficient (Wildman–Crippen LogP) is 1.52. The number of fused-ring (bicyclic) bond motifs is 1. The molecule has 2 amide bonds. The fourth-order valence-corrected chi connectivity index (χ4v) is 3.78. The smallest absolute Gasteiger partial charge is 0.253 e. The number of morpholine rings is 1.